The minimum atomic E-state index is -0.898. The summed E-state index contributed by atoms with van der Waals surface area (Å²) in [5, 5.41) is 25.7. The van der Waals surface area contributed by atoms with Gasteiger partial charge in [-0.15, -0.1) is 0 Å². The maximum atomic E-state index is 14.0. The van der Waals surface area contributed by atoms with Crippen LogP contribution in [0.15, 0.2) is 23.4 Å². The number of rotatable bonds is 12. The molecule has 3 aromatic rings. The number of hydrogen-bond donors (Lipinski definition) is 4. The normalized spacial score (nSPS) is 11.8. The fourth-order valence-electron chi connectivity index (χ4n) is 2.59. The number of nitrogens with one attached hydrogen (secondary N) is 2. The Morgan fingerprint density at radius 1 is 1.16 bits per heavy atom. The molecule has 0 atom stereocenters. The Morgan fingerprint density at radius 2 is 1.97 bits per heavy atom. The summed E-state index contributed by atoms with van der Waals surface area (Å²) in [6, 6.07) is 4.04. The fourth-order valence-corrected chi connectivity index (χ4v) is 4.28. The number of aliphatic hydroxyl groups excluding tert-OH is 2. The number of thiazole rings is 1. The van der Waals surface area contributed by atoms with E-state index in [1.54, 1.807) is 0 Å². The molecule has 32 heavy (non-hydrogen) atoms. The van der Waals surface area contributed by atoms with Crippen LogP contribution >= 0.6 is 23.1 Å². The molecular formula is C20H25F2N5O3S2. The Hall–Kier alpha value is -2.12. The van der Waals surface area contributed by atoms with Crippen LogP contribution in [0.3, 0.4) is 0 Å². The highest BCUT2D eigenvalue weighted by atomic mass is 32.2. The van der Waals surface area contributed by atoms with Crippen LogP contribution in [-0.2, 0) is 10.5 Å². The monoisotopic (exact) mass is 485 g/mol. The van der Waals surface area contributed by atoms with Crippen LogP contribution in [0.25, 0.3) is 10.3 Å². The first-order chi connectivity index (χ1) is 15.3. The Bertz CT molecular complexity index is 1050. The second kappa shape index (κ2) is 11.1. The Balaban J connectivity index is 1.83. The first-order valence-corrected chi connectivity index (χ1v) is 11.7. The van der Waals surface area contributed by atoms with E-state index in [0.29, 0.717) is 39.6 Å². The molecule has 0 unspecified atom stereocenters. The summed E-state index contributed by atoms with van der Waals surface area (Å²) in [5.41, 5.74) is 0.0165. The number of thioether (sulfide) groups is 1. The first kappa shape index (κ1) is 24.5. The van der Waals surface area contributed by atoms with Gasteiger partial charge in [-0.1, -0.05) is 35.2 Å². The van der Waals surface area contributed by atoms with Crippen LogP contribution < -0.4 is 10.6 Å². The Kier molecular flexibility index (Phi) is 8.54. The lowest BCUT2D eigenvalue weighted by Crippen LogP contribution is -2.35. The molecule has 2 heterocycles. The molecule has 8 nitrogen and oxygen atoms in total. The molecule has 3 rings (SSSR count). The van der Waals surface area contributed by atoms with Crippen molar-refractivity contribution in [2.24, 2.45) is 0 Å². The van der Waals surface area contributed by atoms with E-state index in [4.69, 9.17) is 9.84 Å². The van der Waals surface area contributed by atoms with E-state index in [1.807, 2.05) is 13.8 Å². The molecular weight excluding hydrogens is 460 g/mol. The molecule has 0 saturated carbocycles. The zero-order valence-electron chi connectivity index (χ0n) is 17.7. The molecule has 174 valence electrons. The van der Waals surface area contributed by atoms with Crippen LogP contribution in [0.4, 0.5) is 19.7 Å². The number of aromatic nitrogens is 3. The molecule has 0 spiro atoms. The molecule has 4 N–H and O–H groups in total. The van der Waals surface area contributed by atoms with E-state index in [0.717, 1.165) is 17.8 Å². The van der Waals surface area contributed by atoms with Gasteiger partial charge in [-0.25, -0.2) is 18.7 Å². The number of benzene rings is 1. The molecule has 0 aliphatic carbocycles. The maximum absolute atomic E-state index is 14.0. The van der Waals surface area contributed by atoms with Gasteiger partial charge in [0, 0.05) is 17.9 Å². The van der Waals surface area contributed by atoms with Crippen LogP contribution in [0, 0.1) is 11.6 Å². The van der Waals surface area contributed by atoms with E-state index in [9.17, 15) is 13.9 Å². The van der Waals surface area contributed by atoms with Crippen molar-refractivity contribution in [3.8, 4) is 0 Å². The minimum absolute atomic E-state index is 0.0354. The number of anilines is 2. The third kappa shape index (κ3) is 6.45. The van der Waals surface area contributed by atoms with Crippen LogP contribution in [0.1, 0.15) is 19.4 Å². The molecule has 0 fully saturated rings. The molecule has 2 aromatic heterocycles. The predicted molar refractivity (Wildman–Crippen MR) is 122 cm³/mol. The van der Waals surface area contributed by atoms with Gasteiger partial charge in [-0.05, 0) is 19.9 Å². The van der Waals surface area contributed by atoms with Gasteiger partial charge in [0.1, 0.15) is 4.70 Å². The lowest BCUT2D eigenvalue weighted by molar-refractivity contribution is 0.0992. The van der Waals surface area contributed by atoms with Crippen molar-refractivity contribution in [1.82, 2.24) is 15.0 Å². The largest absolute Gasteiger partial charge is 0.394 e. The van der Waals surface area contributed by atoms with Gasteiger partial charge in [-0.2, -0.15) is 4.98 Å². The molecule has 0 aliphatic rings. The lowest BCUT2D eigenvalue weighted by atomic mass is 10.1. The van der Waals surface area contributed by atoms with E-state index < -0.39 is 17.2 Å². The molecule has 0 saturated heterocycles. The SMILES string of the molecule is CC(C)(CO)Nc1nc(SCc2cccc(F)c2F)nc2nc(NCCOCCO)sc12. The van der Waals surface area contributed by atoms with Crippen molar-refractivity contribution < 1.29 is 23.7 Å². The quantitative estimate of drug-likeness (QED) is 0.174. The topological polar surface area (TPSA) is 112 Å². The summed E-state index contributed by atoms with van der Waals surface area (Å²) in [4.78, 5) is 13.5. The van der Waals surface area contributed by atoms with Gasteiger partial charge < -0.3 is 25.6 Å². The van der Waals surface area contributed by atoms with Gasteiger partial charge in [-0.3, -0.25) is 0 Å². The summed E-state index contributed by atoms with van der Waals surface area (Å²) >= 11 is 2.52. The predicted octanol–water partition coefficient (Wildman–Crippen LogP) is 3.26. The van der Waals surface area contributed by atoms with Crippen molar-refractivity contribution in [1.29, 1.82) is 0 Å². The number of aliphatic hydroxyl groups is 2. The molecule has 12 heteroatoms. The molecule has 0 bridgehead atoms. The number of nitrogens with zero attached hydrogens (tertiary/aromatic N) is 3. The van der Waals surface area contributed by atoms with E-state index in [-0.39, 0.29) is 31.1 Å². The van der Waals surface area contributed by atoms with Gasteiger partial charge in [0.05, 0.1) is 32.0 Å². The molecule has 0 amide bonds. The summed E-state index contributed by atoms with van der Waals surface area (Å²) in [7, 11) is 0. The zero-order chi connectivity index (χ0) is 23.1. The average Bonchev–Trinajstić information content (AvgIpc) is 3.18. The van der Waals surface area contributed by atoms with Crippen molar-refractivity contribution in [3.63, 3.8) is 0 Å². The van der Waals surface area contributed by atoms with Crippen molar-refractivity contribution in [3.05, 3.63) is 35.4 Å². The molecule has 0 radical (unpaired) electrons. The Labute approximate surface area is 192 Å². The van der Waals surface area contributed by atoms with Crippen LogP contribution in [0.5, 0.6) is 0 Å². The highest BCUT2D eigenvalue weighted by Crippen LogP contribution is 2.34. The minimum Gasteiger partial charge on any atom is -0.394 e. The molecule has 1 aromatic carbocycles. The van der Waals surface area contributed by atoms with Gasteiger partial charge in [0.25, 0.3) is 0 Å². The van der Waals surface area contributed by atoms with Gasteiger partial charge >= 0.3 is 0 Å². The van der Waals surface area contributed by atoms with Crippen molar-refractivity contribution >= 4 is 44.4 Å². The zero-order valence-corrected chi connectivity index (χ0v) is 19.3. The van der Waals surface area contributed by atoms with Crippen LogP contribution in [0.2, 0.25) is 0 Å². The summed E-state index contributed by atoms with van der Waals surface area (Å²) in [6.07, 6.45) is 0. The lowest BCUT2D eigenvalue weighted by Gasteiger charge is -2.24. The van der Waals surface area contributed by atoms with Gasteiger partial charge in [0.15, 0.2) is 33.4 Å². The second-order valence-electron chi connectivity index (χ2n) is 7.46. The third-order valence-electron chi connectivity index (χ3n) is 4.23. The third-order valence-corrected chi connectivity index (χ3v) is 6.14. The molecule has 0 aliphatic heterocycles. The maximum Gasteiger partial charge on any atom is 0.191 e. The smallest absolute Gasteiger partial charge is 0.191 e. The number of ether oxygens (including phenoxy) is 1. The fraction of sp³-hybridized carbons (Fsp3) is 0.450. The highest BCUT2D eigenvalue weighted by Gasteiger charge is 2.21. The summed E-state index contributed by atoms with van der Waals surface area (Å²) in [5.74, 6) is -1.14. The van der Waals surface area contributed by atoms with Crippen molar-refractivity contribution in [2.45, 2.75) is 30.3 Å². The van der Waals surface area contributed by atoms with Gasteiger partial charge in [0.2, 0.25) is 0 Å². The highest BCUT2D eigenvalue weighted by molar-refractivity contribution is 7.98. The standard InChI is InChI=1S/C20H25F2N5O3S2/c1-20(2,11-29)27-17-15-16(24-18(32-15)23-6-8-30-9-7-28)25-19(26-17)31-10-12-4-3-5-13(21)14(12)22/h3-5,28-29H,6-11H2,1-2H3,(H2,23,24,25,26,27). The van der Waals surface area contributed by atoms with Crippen molar-refractivity contribution in [2.75, 3.05) is 43.6 Å². The first-order valence-electron chi connectivity index (χ1n) is 9.89. The van der Waals surface area contributed by atoms with E-state index in [2.05, 4.69) is 25.6 Å². The number of hydrogen-bond acceptors (Lipinski definition) is 10. The average molecular weight is 486 g/mol. The Morgan fingerprint density at radius 3 is 2.72 bits per heavy atom. The van der Waals surface area contributed by atoms with E-state index in [1.165, 1.54) is 23.5 Å². The number of halogens is 2. The van der Waals surface area contributed by atoms with E-state index >= 15 is 0 Å². The summed E-state index contributed by atoms with van der Waals surface area (Å²) < 4.78 is 33.4. The second-order valence-corrected chi connectivity index (χ2v) is 9.40. The summed E-state index contributed by atoms with van der Waals surface area (Å²) in [6.45, 7) is 4.67. The van der Waals surface area contributed by atoms with Crippen LogP contribution in [-0.4, -0.2) is 63.7 Å². The number of fused-ring (bicyclic) bond motifs is 1.